The summed E-state index contributed by atoms with van der Waals surface area (Å²) in [5.41, 5.74) is 6.62. The summed E-state index contributed by atoms with van der Waals surface area (Å²) in [7, 11) is -1.88. The number of nitrogens with two attached hydrogens (primary N) is 1. The number of anilines is 1. The topological polar surface area (TPSA) is 63.4 Å². The Bertz CT molecular complexity index is 601. The van der Waals surface area contributed by atoms with Crippen LogP contribution in [0.2, 0.25) is 5.02 Å². The highest BCUT2D eigenvalue weighted by Crippen LogP contribution is 2.39. The van der Waals surface area contributed by atoms with Crippen molar-refractivity contribution in [1.82, 2.24) is 4.31 Å². The predicted molar refractivity (Wildman–Crippen MR) is 77.7 cm³/mol. The van der Waals surface area contributed by atoms with Gasteiger partial charge in [0.1, 0.15) is 0 Å². The van der Waals surface area contributed by atoms with Gasteiger partial charge in [-0.25, -0.2) is 12.7 Å². The Morgan fingerprint density at radius 2 is 2.05 bits per heavy atom. The first kappa shape index (κ1) is 14.6. The van der Waals surface area contributed by atoms with Crippen molar-refractivity contribution in [2.75, 3.05) is 19.3 Å². The molecule has 6 heteroatoms. The zero-order valence-electron chi connectivity index (χ0n) is 11.4. The standard InChI is InChI=1S/C13H19ClN2O2S/c1-8-4-10(8)7-16(3)19(17,18)13-6-12(15)11(14)5-9(13)2/h5-6,8,10H,4,7,15H2,1-3H3. The van der Waals surface area contributed by atoms with Gasteiger partial charge in [0, 0.05) is 13.6 Å². The van der Waals surface area contributed by atoms with Crippen LogP contribution in [0.4, 0.5) is 5.69 Å². The first-order chi connectivity index (χ1) is 8.73. The normalized spacial score (nSPS) is 22.8. The van der Waals surface area contributed by atoms with Crippen molar-refractivity contribution in [1.29, 1.82) is 0 Å². The number of nitrogen functional groups attached to an aromatic ring is 1. The van der Waals surface area contributed by atoms with E-state index in [-0.39, 0.29) is 4.90 Å². The van der Waals surface area contributed by atoms with Crippen molar-refractivity contribution in [2.45, 2.75) is 25.2 Å². The zero-order chi connectivity index (χ0) is 14.4. The molecule has 0 spiro atoms. The molecule has 1 aromatic carbocycles. The minimum atomic E-state index is -3.49. The summed E-state index contributed by atoms with van der Waals surface area (Å²) in [6.07, 6.45) is 1.10. The van der Waals surface area contributed by atoms with Crippen LogP contribution in [0.1, 0.15) is 18.9 Å². The fourth-order valence-corrected chi connectivity index (χ4v) is 3.88. The van der Waals surface area contributed by atoms with Gasteiger partial charge in [0.15, 0.2) is 0 Å². The summed E-state index contributed by atoms with van der Waals surface area (Å²) in [6, 6.07) is 3.04. The highest BCUT2D eigenvalue weighted by molar-refractivity contribution is 7.89. The number of aryl methyl sites for hydroxylation is 1. The van der Waals surface area contributed by atoms with E-state index in [1.807, 2.05) is 0 Å². The fourth-order valence-electron chi connectivity index (χ4n) is 2.20. The number of rotatable bonds is 4. The highest BCUT2D eigenvalue weighted by atomic mass is 35.5. The van der Waals surface area contributed by atoms with Crippen LogP contribution < -0.4 is 5.73 Å². The minimum Gasteiger partial charge on any atom is -0.397 e. The van der Waals surface area contributed by atoms with Gasteiger partial charge in [-0.3, -0.25) is 0 Å². The van der Waals surface area contributed by atoms with Crippen LogP contribution in [0.15, 0.2) is 17.0 Å². The molecule has 1 aliphatic rings. The molecule has 1 saturated carbocycles. The van der Waals surface area contributed by atoms with Crippen molar-refractivity contribution in [3.05, 3.63) is 22.7 Å². The molecule has 2 N–H and O–H groups in total. The van der Waals surface area contributed by atoms with Crippen LogP contribution in [0, 0.1) is 18.8 Å². The number of nitrogens with zero attached hydrogens (tertiary/aromatic N) is 1. The van der Waals surface area contributed by atoms with Crippen LogP contribution in [-0.2, 0) is 10.0 Å². The van der Waals surface area contributed by atoms with Crippen LogP contribution in [0.3, 0.4) is 0 Å². The Morgan fingerprint density at radius 3 is 2.58 bits per heavy atom. The molecule has 1 fully saturated rings. The molecule has 2 atom stereocenters. The van der Waals surface area contributed by atoms with E-state index in [1.54, 1.807) is 20.0 Å². The van der Waals surface area contributed by atoms with Gasteiger partial charge in [-0.05, 0) is 42.9 Å². The second-order valence-electron chi connectivity index (χ2n) is 5.40. The molecule has 0 aromatic heterocycles. The molecule has 0 radical (unpaired) electrons. The highest BCUT2D eigenvalue weighted by Gasteiger charge is 2.36. The maximum absolute atomic E-state index is 12.5. The van der Waals surface area contributed by atoms with Gasteiger partial charge in [0.2, 0.25) is 10.0 Å². The summed E-state index contributed by atoms with van der Waals surface area (Å²) >= 11 is 5.90. The molecule has 2 rings (SSSR count). The second kappa shape index (κ2) is 4.96. The average molecular weight is 303 g/mol. The number of hydrogen-bond donors (Lipinski definition) is 1. The molecule has 0 amide bonds. The van der Waals surface area contributed by atoms with E-state index in [2.05, 4.69) is 6.92 Å². The second-order valence-corrected chi connectivity index (χ2v) is 7.82. The van der Waals surface area contributed by atoms with E-state index >= 15 is 0 Å². The van der Waals surface area contributed by atoms with Gasteiger partial charge in [0.25, 0.3) is 0 Å². The SMILES string of the molecule is Cc1cc(Cl)c(N)cc1S(=O)(=O)N(C)CC1CC1C. The molecular formula is C13H19ClN2O2S. The Kier molecular flexibility index (Phi) is 3.82. The molecule has 4 nitrogen and oxygen atoms in total. The summed E-state index contributed by atoms with van der Waals surface area (Å²) in [6.45, 7) is 4.42. The lowest BCUT2D eigenvalue weighted by atomic mass is 10.2. The molecule has 19 heavy (non-hydrogen) atoms. The molecule has 0 aliphatic heterocycles. The third kappa shape index (κ3) is 2.88. The predicted octanol–water partition coefficient (Wildman–Crippen LogP) is 2.51. The van der Waals surface area contributed by atoms with Crippen molar-refractivity contribution >= 4 is 27.3 Å². The lowest BCUT2D eigenvalue weighted by Crippen LogP contribution is -2.29. The molecule has 0 heterocycles. The largest absolute Gasteiger partial charge is 0.397 e. The van der Waals surface area contributed by atoms with Crippen LogP contribution >= 0.6 is 11.6 Å². The van der Waals surface area contributed by atoms with Crippen molar-refractivity contribution in [3.63, 3.8) is 0 Å². The summed E-state index contributed by atoms with van der Waals surface area (Å²) in [4.78, 5) is 0.241. The first-order valence-corrected chi connectivity index (χ1v) is 8.07. The molecule has 0 saturated heterocycles. The van der Waals surface area contributed by atoms with Crippen molar-refractivity contribution < 1.29 is 8.42 Å². The summed E-state index contributed by atoms with van der Waals surface area (Å²) < 4.78 is 26.4. The Morgan fingerprint density at radius 1 is 1.47 bits per heavy atom. The maximum atomic E-state index is 12.5. The summed E-state index contributed by atoms with van der Waals surface area (Å²) in [5, 5.41) is 0.384. The van der Waals surface area contributed by atoms with E-state index in [0.717, 1.165) is 6.42 Å². The average Bonchev–Trinajstić information content (AvgIpc) is 2.99. The number of sulfonamides is 1. The van der Waals surface area contributed by atoms with Gasteiger partial charge in [-0.15, -0.1) is 0 Å². The van der Waals surface area contributed by atoms with Crippen LogP contribution in [-0.4, -0.2) is 26.3 Å². The van der Waals surface area contributed by atoms with Crippen LogP contribution in [0.5, 0.6) is 0 Å². The van der Waals surface area contributed by atoms with Gasteiger partial charge in [0.05, 0.1) is 15.6 Å². The smallest absolute Gasteiger partial charge is 0.243 e. The molecule has 1 aliphatic carbocycles. The monoisotopic (exact) mass is 302 g/mol. The summed E-state index contributed by atoms with van der Waals surface area (Å²) in [5.74, 6) is 1.10. The van der Waals surface area contributed by atoms with Gasteiger partial charge >= 0.3 is 0 Å². The van der Waals surface area contributed by atoms with E-state index in [0.29, 0.717) is 34.7 Å². The van der Waals surface area contributed by atoms with Crippen molar-refractivity contribution in [2.24, 2.45) is 11.8 Å². The van der Waals surface area contributed by atoms with Gasteiger partial charge in [-0.2, -0.15) is 0 Å². The lowest BCUT2D eigenvalue weighted by Gasteiger charge is -2.19. The Balaban J connectivity index is 2.31. The number of hydrogen-bond acceptors (Lipinski definition) is 3. The van der Waals surface area contributed by atoms with Gasteiger partial charge in [-0.1, -0.05) is 18.5 Å². The third-order valence-corrected chi connectivity index (χ3v) is 6.04. The van der Waals surface area contributed by atoms with E-state index in [4.69, 9.17) is 17.3 Å². The fraction of sp³-hybridized carbons (Fsp3) is 0.538. The molecule has 2 unspecified atom stereocenters. The van der Waals surface area contributed by atoms with E-state index in [9.17, 15) is 8.42 Å². The Labute approximate surface area is 119 Å². The minimum absolute atomic E-state index is 0.241. The molecular weight excluding hydrogens is 284 g/mol. The lowest BCUT2D eigenvalue weighted by molar-refractivity contribution is 0.444. The number of halogens is 1. The molecule has 106 valence electrons. The molecule has 0 bridgehead atoms. The Hall–Kier alpha value is -0.780. The van der Waals surface area contributed by atoms with Crippen molar-refractivity contribution in [3.8, 4) is 0 Å². The number of benzene rings is 1. The zero-order valence-corrected chi connectivity index (χ0v) is 12.9. The molecule has 1 aromatic rings. The van der Waals surface area contributed by atoms with Gasteiger partial charge < -0.3 is 5.73 Å². The first-order valence-electron chi connectivity index (χ1n) is 6.25. The third-order valence-electron chi connectivity index (χ3n) is 3.75. The quantitative estimate of drug-likeness (QED) is 0.869. The van der Waals surface area contributed by atoms with E-state index in [1.165, 1.54) is 10.4 Å². The van der Waals surface area contributed by atoms with Crippen LogP contribution in [0.25, 0.3) is 0 Å². The van der Waals surface area contributed by atoms with E-state index < -0.39 is 10.0 Å². The maximum Gasteiger partial charge on any atom is 0.243 e.